The first-order valence-electron chi connectivity index (χ1n) is 24.5. The second-order valence-electron chi connectivity index (χ2n) is 18.3. The summed E-state index contributed by atoms with van der Waals surface area (Å²) in [4.78, 5) is 72.5. The summed E-state index contributed by atoms with van der Waals surface area (Å²) in [6, 6.07) is 51.1. The van der Waals surface area contributed by atoms with Crippen LogP contribution in [0.2, 0.25) is 0 Å². The summed E-state index contributed by atoms with van der Waals surface area (Å²) in [7, 11) is -19.7. The van der Waals surface area contributed by atoms with Crippen LogP contribution in [0.4, 0.5) is 0 Å². The van der Waals surface area contributed by atoms with Crippen molar-refractivity contribution < 1.29 is 60.3 Å². The first-order chi connectivity index (χ1) is 37.6. The molecule has 4 N–H and O–H groups in total. The maximum atomic E-state index is 16.7. The van der Waals surface area contributed by atoms with Gasteiger partial charge in [0.2, 0.25) is 18.4 Å². The second-order valence-corrected chi connectivity index (χ2v) is 27.6. The van der Waals surface area contributed by atoms with Crippen molar-refractivity contribution in [2.45, 2.75) is 37.5 Å². The maximum absolute atomic E-state index is 16.7. The fourth-order valence-electron chi connectivity index (χ4n) is 9.43. The highest BCUT2D eigenvalue weighted by atomic mass is 31.2. The SMILES string of the molecule is NC1CC(=O)c2cccc(P(=O)(OC(OP(=O)(c3ccccc3)c3ccccc3)C(=O)C(OP(=O)(c3ccccc3)c3ccccc3)OP(=O)(c3ccccc3)c3cccc4c3C(=O)C(N)CC4=O)c3ccccc3)c2C1=O. The molecule has 0 saturated heterocycles. The van der Waals surface area contributed by atoms with Crippen LogP contribution in [0.3, 0.4) is 0 Å². The minimum atomic E-state index is -5.11. The molecular weight excluding hydrogens is 1070 g/mol. The quantitative estimate of drug-likeness (QED) is 0.0638. The van der Waals surface area contributed by atoms with Gasteiger partial charge in [0.1, 0.15) is 0 Å². The molecule has 8 aromatic rings. The minimum Gasteiger partial charge on any atom is -0.321 e. The Hall–Kier alpha value is -7.21. The number of nitrogens with two attached hydrogens (primary N) is 2. The van der Waals surface area contributed by atoms with Gasteiger partial charge in [-0.05, 0) is 84.9 Å². The molecule has 0 spiro atoms. The van der Waals surface area contributed by atoms with Crippen molar-refractivity contribution in [3.05, 3.63) is 241 Å². The number of ketones is 5. The van der Waals surface area contributed by atoms with Gasteiger partial charge in [0.25, 0.3) is 29.5 Å². The first-order valence-corrected chi connectivity index (χ1v) is 31.0. The normalized spacial score (nSPS) is 17.9. The summed E-state index contributed by atoms with van der Waals surface area (Å²) in [5.41, 5.74) is 11.6. The van der Waals surface area contributed by atoms with Crippen LogP contribution in [0.25, 0.3) is 0 Å². The Balaban J connectivity index is 1.26. The van der Waals surface area contributed by atoms with Crippen LogP contribution in [0, 0.1) is 0 Å². The van der Waals surface area contributed by atoms with E-state index in [1.54, 1.807) is 84.9 Å². The molecule has 6 atom stereocenters. The largest absolute Gasteiger partial charge is 0.321 e. The molecule has 10 rings (SSSR count). The van der Waals surface area contributed by atoms with Crippen molar-refractivity contribution >= 4 is 101 Å². The number of rotatable bonds is 18. The molecule has 15 nitrogen and oxygen atoms in total. The summed E-state index contributed by atoms with van der Waals surface area (Å²) in [6.07, 6.45) is -6.22. The van der Waals surface area contributed by atoms with E-state index in [2.05, 4.69) is 0 Å². The zero-order chi connectivity index (χ0) is 54.8. The van der Waals surface area contributed by atoms with E-state index in [0.717, 1.165) is 0 Å². The predicted molar refractivity (Wildman–Crippen MR) is 298 cm³/mol. The fraction of sp³-hybridized carbons (Fsp3) is 0.102. The summed E-state index contributed by atoms with van der Waals surface area (Å²) in [5, 5.41) is -0.985. The third-order valence-corrected chi connectivity index (χ3v) is 23.2. The molecule has 2 aliphatic rings. The standard InChI is InChI=1S/C59H48N2O13P4/c60-47-37-49(62)45-33-19-35-51(53(45)55(47)64)77(69,43-29-15-5-16-30-43)73-58(71-75(67,39-21-7-1-8-22-39)40-23-9-2-10-24-40)57(66)59(72-76(68,41-25-11-3-12-26-41)42-27-13-4-14-28-42)74-78(70,44-31-17-6-18-32-44)52-36-20-34-46-50(63)38-48(61)56(65)54(46)52/h1-36,47-48,58-59H,37-38,60-61H2. The Morgan fingerprint density at radius 2 is 0.603 bits per heavy atom. The van der Waals surface area contributed by atoms with E-state index in [9.17, 15) is 19.2 Å². The Morgan fingerprint density at radius 3 is 0.872 bits per heavy atom. The van der Waals surface area contributed by atoms with Crippen molar-refractivity contribution in [2.24, 2.45) is 11.5 Å². The molecule has 0 saturated carbocycles. The lowest BCUT2D eigenvalue weighted by atomic mass is 9.86. The summed E-state index contributed by atoms with van der Waals surface area (Å²) < 4.78 is 92.8. The molecule has 0 aliphatic heterocycles. The molecule has 0 bridgehead atoms. The molecule has 2 aliphatic carbocycles. The number of hydrogen-bond donors (Lipinski definition) is 2. The van der Waals surface area contributed by atoms with Crippen molar-refractivity contribution in [2.75, 3.05) is 0 Å². The van der Waals surface area contributed by atoms with Crippen molar-refractivity contribution in [1.82, 2.24) is 0 Å². The first kappa shape index (κ1) is 54.2. The van der Waals surface area contributed by atoms with Crippen LogP contribution in [0.15, 0.2) is 218 Å². The van der Waals surface area contributed by atoms with Gasteiger partial charge >= 0.3 is 0 Å². The lowest BCUT2D eigenvalue weighted by Gasteiger charge is -2.34. The number of Topliss-reactive ketones (excluding diaryl/α,β-unsaturated/α-hetero) is 5. The average Bonchev–Trinajstić information content (AvgIpc) is 3.67. The number of fused-ring (bicyclic) bond motifs is 2. The molecule has 78 heavy (non-hydrogen) atoms. The van der Waals surface area contributed by atoms with Gasteiger partial charge < -0.3 is 11.5 Å². The number of benzene rings is 8. The lowest BCUT2D eigenvalue weighted by Crippen LogP contribution is -2.45. The van der Waals surface area contributed by atoms with Crippen LogP contribution in [0.1, 0.15) is 54.3 Å². The third kappa shape index (κ3) is 10.1. The van der Waals surface area contributed by atoms with Crippen molar-refractivity contribution in [1.29, 1.82) is 0 Å². The second kappa shape index (κ2) is 22.3. The van der Waals surface area contributed by atoms with Crippen molar-refractivity contribution in [3.8, 4) is 0 Å². The van der Waals surface area contributed by atoms with Gasteiger partial charge in [-0.3, -0.25) is 60.3 Å². The van der Waals surface area contributed by atoms with Gasteiger partial charge in [0.15, 0.2) is 23.1 Å². The molecule has 392 valence electrons. The molecule has 8 aromatic carbocycles. The Labute approximate surface area is 448 Å². The topological polar surface area (TPSA) is 243 Å². The Kier molecular flexibility index (Phi) is 15.5. The van der Waals surface area contributed by atoms with Crippen LogP contribution < -0.4 is 53.9 Å². The number of carbonyl (C=O) groups is 5. The van der Waals surface area contributed by atoms with E-state index < -0.39 is 83.1 Å². The number of carbonyl (C=O) groups excluding carboxylic acids is 5. The molecular formula is C59H48N2O13P4. The van der Waals surface area contributed by atoms with Crippen LogP contribution >= 0.6 is 29.5 Å². The highest BCUT2D eigenvalue weighted by Crippen LogP contribution is 2.56. The summed E-state index contributed by atoms with van der Waals surface area (Å²) in [5.74, 6) is -4.17. The zero-order valence-electron chi connectivity index (χ0n) is 41.3. The van der Waals surface area contributed by atoms with E-state index in [4.69, 9.17) is 29.6 Å². The molecule has 0 fully saturated rings. The third-order valence-electron chi connectivity index (χ3n) is 13.3. The van der Waals surface area contributed by atoms with Crippen LogP contribution in [-0.2, 0) is 41.1 Å². The van der Waals surface area contributed by atoms with E-state index in [0.29, 0.717) is 0 Å². The van der Waals surface area contributed by atoms with Crippen molar-refractivity contribution in [3.63, 3.8) is 0 Å². The summed E-state index contributed by atoms with van der Waals surface area (Å²) >= 11 is 0. The molecule has 0 aromatic heterocycles. The zero-order valence-corrected chi connectivity index (χ0v) is 44.8. The summed E-state index contributed by atoms with van der Waals surface area (Å²) in [6.45, 7) is 0. The van der Waals surface area contributed by atoms with Crippen LogP contribution in [-0.4, -0.2) is 53.6 Å². The van der Waals surface area contributed by atoms with Crippen LogP contribution in [0.5, 0.6) is 0 Å². The Morgan fingerprint density at radius 1 is 0.359 bits per heavy atom. The molecule has 19 heteroatoms. The lowest BCUT2D eigenvalue weighted by molar-refractivity contribution is -0.156. The van der Waals surface area contributed by atoms with E-state index in [-0.39, 0.29) is 77.5 Å². The van der Waals surface area contributed by atoms with E-state index in [1.165, 1.54) is 133 Å². The molecule has 0 radical (unpaired) electrons. The van der Waals surface area contributed by atoms with Gasteiger partial charge in [-0.2, -0.15) is 0 Å². The maximum Gasteiger partial charge on any atom is 0.264 e. The molecule has 6 unspecified atom stereocenters. The molecule has 0 amide bonds. The predicted octanol–water partition coefficient (Wildman–Crippen LogP) is 7.18. The van der Waals surface area contributed by atoms with E-state index in [1.807, 2.05) is 0 Å². The van der Waals surface area contributed by atoms with Gasteiger partial charge in [-0.25, -0.2) is 0 Å². The Bertz CT molecular complexity index is 3480. The smallest absolute Gasteiger partial charge is 0.264 e. The number of hydrogen-bond acceptors (Lipinski definition) is 15. The van der Waals surface area contributed by atoms with Gasteiger partial charge in [-0.15, -0.1) is 0 Å². The fourth-order valence-corrected chi connectivity index (χ4v) is 18.3. The minimum absolute atomic E-state index is 0.0130. The highest BCUT2D eigenvalue weighted by Gasteiger charge is 2.51. The monoisotopic (exact) mass is 1120 g/mol. The average molecular weight is 1120 g/mol. The van der Waals surface area contributed by atoms with E-state index >= 15 is 23.1 Å². The van der Waals surface area contributed by atoms with Gasteiger partial charge in [0.05, 0.1) is 22.7 Å². The van der Waals surface area contributed by atoms with Gasteiger partial charge in [0, 0.05) is 66.9 Å². The van der Waals surface area contributed by atoms with Gasteiger partial charge in [-0.1, -0.05) is 133 Å². The molecule has 0 heterocycles. The highest BCUT2D eigenvalue weighted by molar-refractivity contribution is 7.76.